The highest BCUT2D eigenvalue weighted by atomic mass is 16.6. The van der Waals surface area contributed by atoms with E-state index in [1.54, 1.807) is 7.11 Å². The number of likely N-dealkylation sites (N-methyl/N-ethyl adjacent to an activating group) is 1. The third-order valence-electron chi connectivity index (χ3n) is 3.73. The van der Waals surface area contributed by atoms with Gasteiger partial charge in [0.2, 0.25) is 0 Å². The fraction of sp³-hybridized carbons (Fsp3) is 0.500. The average Bonchev–Trinajstić information content (AvgIpc) is 2.91. The first kappa shape index (κ1) is 11.5. The maximum Gasteiger partial charge on any atom is 0.149 e. The molecule has 3 rings (SSSR count). The minimum Gasteiger partial charge on any atom is -0.497 e. The molecule has 0 radical (unpaired) electrons. The van der Waals surface area contributed by atoms with Gasteiger partial charge in [0.1, 0.15) is 11.9 Å². The third kappa shape index (κ3) is 2.08. The largest absolute Gasteiger partial charge is 0.497 e. The molecule has 2 heterocycles. The van der Waals surface area contributed by atoms with Gasteiger partial charge in [-0.25, -0.2) is 0 Å². The summed E-state index contributed by atoms with van der Waals surface area (Å²) in [6, 6.07) is 8.16. The summed E-state index contributed by atoms with van der Waals surface area (Å²) < 4.78 is 5.16. The lowest BCUT2D eigenvalue weighted by Crippen LogP contribution is -2.22. The number of methoxy groups -OCH3 is 1. The summed E-state index contributed by atoms with van der Waals surface area (Å²) in [4.78, 5) is 7.80. The van der Waals surface area contributed by atoms with Crippen molar-refractivity contribution in [1.29, 1.82) is 0 Å². The average molecular weight is 246 g/mol. The van der Waals surface area contributed by atoms with Crippen molar-refractivity contribution in [2.24, 2.45) is 11.1 Å². The Balaban J connectivity index is 1.69. The molecule has 0 N–H and O–H groups in total. The zero-order valence-corrected chi connectivity index (χ0v) is 10.8. The van der Waals surface area contributed by atoms with Gasteiger partial charge in [-0.05, 0) is 24.7 Å². The molecule has 0 amide bonds. The van der Waals surface area contributed by atoms with E-state index in [4.69, 9.17) is 9.57 Å². The second-order valence-electron chi connectivity index (χ2n) is 5.08. The van der Waals surface area contributed by atoms with Gasteiger partial charge in [0.15, 0.2) is 0 Å². The zero-order valence-electron chi connectivity index (χ0n) is 10.8. The second kappa shape index (κ2) is 4.61. The Hall–Kier alpha value is -1.55. The standard InChI is InChI=1S/C14H18N2O2/c1-16-8-12-13(15-18-14(12)9-16)7-10-3-5-11(17-2)6-4-10/h3-6,12,14H,7-9H2,1-2H3. The molecule has 0 aromatic heterocycles. The van der Waals surface area contributed by atoms with Crippen LogP contribution >= 0.6 is 0 Å². The molecule has 0 bridgehead atoms. The quantitative estimate of drug-likeness (QED) is 0.811. The zero-order chi connectivity index (χ0) is 12.5. The fourth-order valence-electron chi connectivity index (χ4n) is 2.71. The fourth-order valence-corrected chi connectivity index (χ4v) is 2.71. The summed E-state index contributed by atoms with van der Waals surface area (Å²) in [6.07, 6.45) is 1.14. The van der Waals surface area contributed by atoms with Crippen molar-refractivity contribution in [2.45, 2.75) is 12.5 Å². The Morgan fingerprint density at radius 1 is 1.33 bits per heavy atom. The molecule has 4 heteroatoms. The van der Waals surface area contributed by atoms with Crippen LogP contribution in [-0.2, 0) is 11.3 Å². The van der Waals surface area contributed by atoms with E-state index in [-0.39, 0.29) is 6.10 Å². The molecular formula is C14H18N2O2. The van der Waals surface area contributed by atoms with E-state index < -0.39 is 0 Å². The highest BCUT2D eigenvalue weighted by Gasteiger charge is 2.40. The smallest absolute Gasteiger partial charge is 0.149 e. The molecule has 1 fully saturated rings. The normalized spacial score (nSPS) is 26.7. The highest BCUT2D eigenvalue weighted by molar-refractivity contribution is 5.90. The van der Waals surface area contributed by atoms with Crippen molar-refractivity contribution in [3.8, 4) is 5.75 Å². The van der Waals surface area contributed by atoms with E-state index in [0.29, 0.717) is 5.92 Å². The number of benzene rings is 1. The number of hydrogen-bond donors (Lipinski definition) is 0. The topological polar surface area (TPSA) is 34.1 Å². The van der Waals surface area contributed by atoms with Gasteiger partial charge in [0.05, 0.1) is 18.7 Å². The molecule has 1 saturated heterocycles. The molecule has 2 aliphatic heterocycles. The maximum atomic E-state index is 5.50. The van der Waals surface area contributed by atoms with Crippen LogP contribution in [0.5, 0.6) is 5.75 Å². The van der Waals surface area contributed by atoms with Gasteiger partial charge in [-0.2, -0.15) is 0 Å². The van der Waals surface area contributed by atoms with Crippen LogP contribution in [0.3, 0.4) is 0 Å². The lowest BCUT2D eigenvalue weighted by molar-refractivity contribution is 0.0773. The van der Waals surface area contributed by atoms with E-state index >= 15 is 0 Å². The molecule has 0 saturated carbocycles. The molecule has 2 unspecified atom stereocenters. The lowest BCUT2D eigenvalue weighted by Gasteiger charge is -2.09. The van der Waals surface area contributed by atoms with Crippen molar-refractivity contribution in [1.82, 2.24) is 4.90 Å². The van der Waals surface area contributed by atoms with Gasteiger partial charge in [0, 0.05) is 19.5 Å². The summed E-state index contributed by atoms with van der Waals surface area (Å²) in [5.74, 6) is 1.36. The van der Waals surface area contributed by atoms with Gasteiger partial charge < -0.3 is 14.5 Å². The summed E-state index contributed by atoms with van der Waals surface area (Å²) in [5, 5.41) is 4.25. The van der Waals surface area contributed by atoms with Crippen molar-refractivity contribution in [3.63, 3.8) is 0 Å². The van der Waals surface area contributed by atoms with Crippen molar-refractivity contribution >= 4 is 5.71 Å². The van der Waals surface area contributed by atoms with Crippen molar-refractivity contribution in [2.75, 3.05) is 27.2 Å². The maximum absolute atomic E-state index is 5.50. The van der Waals surface area contributed by atoms with Crippen molar-refractivity contribution < 1.29 is 9.57 Å². The van der Waals surface area contributed by atoms with Gasteiger partial charge in [-0.15, -0.1) is 0 Å². The van der Waals surface area contributed by atoms with E-state index in [1.807, 2.05) is 12.1 Å². The van der Waals surface area contributed by atoms with Gasteiger partial charge in [0.25, 0.3) is 0 Å². The minimum atomic E-state index is 0.267. The monoisotopic (exact) mass is 246 g/mol. The SMILES string of the molecule is COc1ccc(CC2=NOC3CN(C)CC23)cc1. The van der Waals surface area contributed by atoms with Crippen LogP contribution in [0.2, 0.25) is 0 Å². The van der Waals surface area contributed by atoms with Gasteiger partial charge in [-0.3, -0.25) is 0 Å². The Morgan fingerprint density at radius 2 is 2.11 bits per heavy atom. The van der Waals surface area contributed by atoms with Crippen LogP contribution < -0.4 is 4.74 Å². The summed E-state index contributed by atoms with van der Waals surface area (Å²) >= 11 is 0. The van der Waals surface area contributed by atoms with Crippen LogP contribution in [0.1, 0.15) is 5.56 Å². The predicted octanol–water partition coefficient (Wildman–Crippen LogP) is 1.55. The van der Waals surface area contributed by atoms with Gasteiger partial charge in [-0.1, -0.05) is 17.3 Å². The summed E-state index contributed by atoms with van der Waals surface area (Å²) in [5.41, 5.74) is 2.43. The first-order chi connectivity index (χ1) is 8.76. The molecule has 18 heavy (non-hydrogen) atoms. The lowest BCUT2D eigenvalue weighted by atomic mass is 9.95. The first-order valence-corrected chi connectivity index (χ1v) is 6.30. The number of oxime groups is 1. The molecule has 0 spiro atoms. The molecule has 1 aromatic rings. The molecule has 2 atom stereocenters. The molecule has 1 aromatic carbocycles. The number of rotatable bonds is 3. The van der Waals surface area contributed by atoms with Crippen LogP contribution in [-0.4, -0.2) is 44.0 Å². The first-order valence-electron chi connectivity index (χ1n) is 6.30. The number of ether oxygens (including phenoxy) is 1. The number of fused-ring (bicyclic) bond motifs is 1. The van der Waals surface area contributed by atoms with E-state index in [1.165, 1.54) is 11.3 Å². The Labute approximate surface area is 107 Å². The van der Waals surface area contributed by atoms with E-state index in [9.17, 15) is 0 Å². The molecule has 0 aliphatic carbocycles. The van der Waals surface area contributed by atoms with E-state index in [2.05, 4.69) is 29.2 Å². The number of hydrogen-bond acceptors (Lipinski definition) is 4. The summed E-state index contributed by atoms with van der Waals surface area (Å²) in [6.45, 7) is 2.04. The molecule has 2 aliphatic rings. The van der Waals surface area contributed by atoms with Crippen LogP contribution in [0, 0.1) is 5.92 Å². The Morgan fingerprint density at radius 3 is 2.83 bits per heavy atom. The Bertz CT molecular complexity index is 455. The Kier molecular flexibility index (Phi) is 2.96. The van der Waals surface area contributed by atoms with Crippen LogP contribution in [0.4, 0.5) is 0 Å². The molecule has 4 nitrogen and oxygen atoms in total. The minimum absolute atomic E-state index is 0.267. The van der Waals surface area contributed by atoms with Crippen LogP contribution in [0.25, 0.3) is 0 Å². The summed E-state index contributed by atoms with van der Waals surface area (Å²) in [7, 11) is 3.82. The molecular weight excluding hydrogens is 228 g/mol. The van der Waals surface area contributed by atoms with Gasteiger partial charge >= 0.3 is 0 Å². The van der Waals surface area contributed by atoms with Crippen LogP contribution in [0.15, 0.2) is 29.4 Å². The predicted molar refractivity (Wildman–Crippen MR) is 70.0 cm³/mol. The number of likely N-dealkylation sites (tertiary alicyclic amines) is 1. The highest BCUT2D eigenvalue weighted by Crippen LogP contribution is 2.27. The molecule has 96 valence electrons. The second-order valence-corrected chi connectivity index (χ2v) is 5.08. The van der Waals surface area contributed by atoms with E-state index in [0.717, 1.165) is 25.3 Å². The third-order valence-corrected chi connectivity index (χ3v) is 3.73. The van der Waals surface area contributed by atoms with Crippen molar-refractivity contribution in [3.05, 3.63) is 29.8 Å². The number of nitrogens with zero attached hydrogens (tertiary/aromatic N) is 2.